The van der Waals surface area contributed by atoms with Gasteiger partial charge in [0.05, 0.1) is 5.56 Å². The molecule has 0 aromatic carbocycles. The predicted octanol–water partition coefficient (Wildman–Crippen LogP) is 1.72. The van der Waals surface area contributed by atoms with Crippen LogP contribution >= 0.6 is 0 Å². The number of hydrogen-bond donors (Lipinski definition) is 1. The van der Waals surface area contributed by atoms with E-state index in [4.69, 9.17) is 5.11 Å². The van der Waals surface area contributed by atoms with Crippen LogP contribution in [0.4, 0.5) is 0 Å². The molecule has 0 fully saturated rings. The molecule has 1 N–H and O–H groups in total. The molecule has 0 atom stereocenters. The first-order valence-electron chi connectivity index (χ1n) is 4.98. The Morgan fingerprint density at radius 2 is 2.06 bits per heavy atom. The van der Waals surface area contributed by atoms with Gasteiger partial charge in [-0.3, -0.25) is 4.40 Å². The number of fused-ring (bicyclic) bond motifs is 1. The average molecular weight is 219 g/mol. The highest BCUT2D eigenvalue weighted by Gasteiger charge is 2.21. The van der Waals surface area contributed by atoms with Crippen molar-refractivity contribution in [2.75, 3.05) is 0 Å². The molecule has 84 valence electrons. The molecule has 16 heavy (non-hydrogen) atoms. The largest absolute Gasteiger partial charge is 0.478 e. The third-order valence-corrected chi connectivity index (χ3v) is 2.33. The Kier molecular flexibility index (Phi) is 2.18. The summed E-state index contributed by atoms with van der Waals surface area (Å²) < 4.78 is 1.81. The summed E-state index contributed by atoms with van der Waals surface area (Å²) in [4.78, 5) is 10.8. The second-order valence-electron chi connectivity index (χ2n) is 4.72. The molecule has 0 radical (unpaired) electrons. The molecule has 2 rings (SSSR count). The molecule has 0 aliphatic carbocycles. The number of carbonyl (C=O) groups is 1. The van der Waals surface area contributed by atoms with Crippen LogP contribution in [0.3, 0.4) is 0 Å². The number of nitrogens with zero attached hydrogens (tertiary/aromatic N) is 3. The van der Waals surface area contributed by atoms with Gasteiger partial charge in [-0.05, 0) is 12.1 Å². The van der Waals surface area contributed by atoms with Gasteiger partial charge in [0, 0.05) is 11.6 Å². The van der Waals surface area contributed by atoms with Crippen LogP contribution in [-0.2, 0) is 5.41 Å². The van der Waals surface area contributed by atoms with Gasteiger partial charge in [-0.2, -0.15) is 0 Å². The number of rotatable bonds is 1. The van der Waals surface area contributed by atoms with Crippen molar-refractivity contribution in [3.63, 3.8) is 0 Å². The van der Waals surface area contributed by atoms with Crippen molar-refractivity contribution in [2.24, 2.45) is 0 Å². The molecule has 2 aromatic rings. The van der Waals surface area contributed by atoms with Gasteiger partial charge in [-0.25, -0.2) is 4.79 Å². The van der Waals surface area contributed by atoms with Crippen molar-refractivity contribution in [3.8, 4) is 0 Å². The molecule has 5 nitrogen and oxygen atoms in total. The molecule has 0 amide bonds. The van der Waals surface area contributed by atoms with Crippen LogP contribution in [0.5, 0.6) is 0 Å². The molecule has 0 aliphatic rings. The maximum absolute atomic E-state index is 10.8. The van der Waals surface area contributed by atoms with Crippen LogP contribution in [0.1, 0.15) is 37.0 Å². The van der Waals surface area contributed by atoms with E-state index in [1.807, 2.05) is 25.2 Å². The van der Waals surface area contributed by atoms with E-state index in [0.717, 1.165) is 5.82 Å². The Bertz CT molecular complexity index is 552. The van der Waals surface area contributed by atoms with Gasteiger partial charge in [0.15, 0.2) is 5.65 Å². The van der Waals surface area contributed by atoms with Crippen molar-refractivity contribution in [1.82, 2.24) is 14.6 Å². The Hall–Kier alpha value is -1.91. The highest BCUT2D eigenvalue weighted by molar-refractivity contribution is 5.88. The van der Waals surface area contributed by atoms with E-state index in [1.165, 1.54) is 6.07 Å². The lowest BCUT2D eigenvalue weighted by Crippen LogP contribution is -2.15. The first-order chi connectivity index (χ1) is 7.39. The van der Waals surface area contributed by atoms with E-state index in [1.54, 1.807) is 12.3 Å². The monoisotopic (exact) mass is 219 g/mol. The van der Waals surface area contributed by atoms with Gasteiger partial charge in [0.1, 0.15) is 5.82 Å². The van der Waals surface area contributed by atoms with Crippen LogP contribution in [0.2, 0.25) is 0 Å². The molecule has 2 heterocycles. The molecule has 0 bridgehead atoms. The summed E-state index contributed by atoms with van der Waals surface area (Å²) in [6, 6.07) is 3.07. The molecular formula is C11H13N3O2. The lowest BCUT2D eigenvalue weighted by molar-refractivity contribution is 0.0697. The van der Waals surface area contributed by atoms with E-state index in [0.29, 0.717) is 5.65 Å². The van der Waals surface area contributed by atoms with Crippen LogP contribution in [0, 0.1) is 0 Å². The Labute approximate surface area is 92.7 Å². The van der Waals surface area contributed by atoms with Crippen molar-refractivity contribution in [2.45, 2.75) is 26.2 Å². The molecule has 0 unspecified atom stereocenters. The van der Waals surface area contributed by atoms with Gasteiger partial charge < -0.3 is 5.11 Å². The number of aromatic nitrogens is 3. The topological polar surface area (TPSA) is 67.5 Å². The molecule has 0 spiro atoms. The highest BCUT2D eigenvalue weighted by atomic mass is 16.4. The normalized spacial score (nSPS) is 11.9. The molecule has 2 aromatic heterocycles. The van der Waals surface area contributed by atoms with E-state index in [9.17, 15) is 4.79 Å². The van der Waals surface area contributed by atoms with E-state index in [2.05, 4.69) is 10.2 Å². The van der Waals surface area contributed by atoms with Crippen LogP contribution in [0.15, 0.2) is 18.3 Å². The molecule has 0 saturated carbocycles. The predicted molar refractivity (Wildman–Crippen MR) is 58.6 cm³/mol. The highest BCUT2D eigenvalue weighted by Crippen LogP contribution is 2.21. The lowest BCUT2D eigenvalue weighted by atomic mass is 9.96. The Morgan fingerprint density at radius 1 is 1.38 bits per heavy atom. The minimum atomic E-state index is -0.956. The van der Waals surface area contributed by atoms with Gasteiger partial charge in [0.2, 0.25) is 0 Å². The minimum absolute atomic E-state index is 0.121. The summed E-state index contributed by atoms with van der Waals surface area (Å²) in [6.45, 7) is 6.11. The Morgan fingerprint density at radius 3 is 2.62 bits per heavy atom. The number of hydrogen-bond acceptors (Lipinski definition) is 3. The van der Waals surface area contributed by atoms with Crippen LogP contribution < -0.4 is 0 Å². The maximum Gasteiger partial charge on any atom is 0.335 e. The quantitative estimate of drug-likeness (QED) is 0.793. The van der Waals surface area contributed by atoms with Crippen molar-refractivity contribution in [1.29, 1.82) is 0 Å². The molecule has 0 saturated heterocycles. The van der Waals surface area contributed by atoms with Gasteiger partial charge in [-0.15, -0.1) is 10.2 Å². The van der Waals surface area contributed by atoms with Gasteiger partial charge >= 0.3 is 5.97 Å². The van der Waals surface area contributed by atoms with Crippen molar-refractivity contribution in [3.05, 3.63) is 29.7 Å². The summed E-state index contributed by atoms with van der Waals surface area (Å²) in [5.41, 5.74) is 0.662. The smallest absolute Gasteiger partial charge is 0.335 e. The minimum Gasteiger partial charge on any atom is -0.478 e. The number of carboxylic acids is 1. The van der Waals surface area contributed by atoms with E-state index < -0.39 is 5.97 Å². The maximum atomic E-state index is 10.8. The van der Waals surface area contributed by atoms with Crippen LogP contribution in [-0.4, -0.2) is 25.7 Å². The molecule has 5 heteroatoms. The molecule has 0 aliphatic heterocycles. The van der Waals surface area contributed by atoms with Crippen molar-refractivity contribution < 1.29 is 9.90 Å². The summed E-state index contributed by atoms with van der Waals surface area (Å²) in [5, 5.41) is 16.9. The summed E-state index contributed by atoms with van der Waals surface area (Å²) in [5.74, 6) is -0.137. The van der Waals surface area contributed by atoms with Gasteiger partial charge in [-0.1, -0.05) is 20.8 Å². The van der Waals surface area contributed by atoms with E-state index in [-0.39, 0.29) is 11.0 Å². The third kappa shape index (κ3) is 1.64. The van der Waals surface area contributed by atoms with Gasteiger partial charge in [0.25, 0.3) is 0 Å². The number of pyridine rings is 1. The van der Waals surface area contributed by atoms with Crippen LogP contribution in [0.25, 0.3) is 5.65 Å². The summed E-state index contributed by atoms with van der Waals surface area (Å²) >= 11 is 0. The standard InChI is InChI=1S/C11H13N3O2/c1-11(2,3)10-13-12-8-6-7(9(15)16)4-5-14(8)10/h4-6H,1-3H3,(H,15,16). The SMILES string of the molecule is CC(C)(C)c1nnc2cc(C(=O)O)ccn12. The third-order valence-electron chi connectivity index (χ3n) is 2.33. The lowest BCUT2D eigenvalue weighted by Gasteiger charge is -2.15. The summed E-state index contributed by atoms with van der Waals surface area (Å²) in [6.07, 6.45) is 1.69. The summed E-state index contributed by atoms with van der Waals surface area (Å²) in [7, 11) is 0. The van der Waals surface area contributed by atoms with Crippen molar-refractivity contribution >= 4 is 11.6 Å². The fourth-order valence-corrected chi connectivity index (χ4v) is 1.54. The second-order valence-corrected chi connectivity index (χ2v) is 4.72. The first-order valence-corrected chi connectivity index (χ1v) is 4.98. The zero-order valence-electron chi connectivity index (χ0n) is 9.43. The van der Waals surface area contributed by atoms with E-state index >= 15 is 0 Å². The zero-order valence-corrected chi connectivity index (χ0v) is 9.43. The fraction of sp³-hybridized carbons (Fsp3) is 0.364. The molecular weight excluding hydrogens is 206 g/mol. The Balaban J connectivity index is 2.64. The average Bonchev–Trinajstić information content (AvgIpc) is 2.58. The second kappa shape index (κ2) is 3.30. The zero-order chi connectivity index (χ0) is 11.9. The number of aromatic carboxylic acids is 1. The number of carboxylic acid groups (broad SMARTS) is 1. The first kappa shape index (κ1) is 10.6. The fourth-order valence-electron chi connectivity index (χ4n) is 1.54.